The topological polar surface area (TPSA) is 102 Å². The van der Waals surface area contributed by atoms with E-state index in [1.165, 1.54) is 30.6 Å². The van der Waals surface area contributed by atoms with Crippen LogP contribution in [-0.2, 0) is 9.53 Å². The van der Waals surface area contributed by atoms with E-state index in [1.807, 2.05) is 0 Å². The maximum atomic E-state index is 12.9. The first-order valence-electron chi connectivity index (χ1n) is 8.74. The Balaban J connectivity index is 1.53. The summed E-state index contributed by atoms with van der Waals surface area (Å²) < 4.78 is 4.98. The summed E-state index contributed by atoms with van der Waals surface area (Å²) in [4.78, 5) is 53.6. The van der Waals surface area contributed by atoms with Crippen LogP contribution in [0.3, 0.4) is 0 Å². The molecule has 1 heterocycles. The van der Waals surface area contributed by atoms with E-state index < -0.39 is 18.5 Å². The number of ketones is 2. The minimum Gasteiger partial charge on any atom is -0.452 e. The molecule has 142 valence electrons. The van der Waals surface area contributed by atoms with Crippen molar-refractivity contribution in [3.05, 3.63) is 94.8 Å². The molecule has 0 atom stereocenters. The van der Waals surface area contributed by atoms with Crippen molar-refractivity contribution < 1.29 is 23.9 Å². The molecule has 1 N–H and O–H groups in total. The number of anilines is 1. The zero-order valence-corrected chi connectivity index (χ0v) is 15.0. The van der Waals surface area contributed by atoms with E-state index >= 15 is 0 Å². The summed E-state index contributed by atoms with van der Waals surface area (Å²) in [6, 6.07) is 14.1. The molecular weight excluding hydrogens is 372 g/mol. The van der Waals surface area contributed by atoms with Gasteiger partial charge in [0.15, 0.2) is 18.2 Å². The number of hydrogen-bond acceptors (Lipinski definition) is 6. The second-order valence-electron chi connectivity index (χ2n) is 6.29. The quantitative estimate of drug-likeness (QED) is 0.541. The van der Waals surface area contributed by atoms with Gasteiger partial charge in [-0.25, -0.2) is 4.79 Å². The van der Waals surface area contributed by atoms with Crippen LogP contribution in [0.1, 0.15) is 42.2 Å². The number of ether oxygens (including phenoxy) is 1. The fourth-order valence-electron chi connectivity index (χ4n) is 3.14. The van der Waals surface area contributed by atoms with Crippen molar-refractivity contribution in [1.82, 2.24) is 4.98 Å². The fourth-order valence-corrected chi connectivity index (χ4v) is 3.14. The van der Waals surface area contributed by atoms with Crippen LogP contribution in [0.5, 0.6) is 0 Å². The van der Waals surface area contributed by atoms with Crippen molar-refractivity contribution in [2.24, 2.45) is 0 Å². The van der Waals surface area contributed by atoms with E-state index in [-0.39, 0.29) is 39.5 Å². The minimum absolute atomic E-state index is 0.130. The van der Waals surface area contributed by atoms with Gasteiger partial charge in [-0.3, -0.25) is 19.4 Å². The number of carbonyl (C=O) groups is 4. The molecule has 3 aromatic rings. The van der Waals surface area contributed by atoms with Crippen LogP contribution in [0, 0.1) is 0 Å². The van der Waals surface area contributed by atoms with Gasteiger partial charge in [0, 0.05) is 29.1 Å². The zero-order chi connectivity index (χ0) is 20.4. The van der Waals surface area contributed by atoms with Crippen LogP contribution in [0.2, 0.25) is 0 Å². The maximum Gasteiger partial charge on any atom is 0.338 e. The molecule has 1 aliphatic rings. The molecule has 7 heteroatoms. The minimum atomic E-state index is -0.669. The summed E-state index contributed by atoms with van der Waals surface area (Å²) in [5.41, 5.74) is 1.43. The summed E-state index contributed by atoms with van der Waals surface area (Å²) in [5.74, 6) is -1.92. The molecule has 2 aromatic carbocycles. The van der Waals surface area contributed by atoms with Crippen molar-refractivity contribution >= 4 is 29.1 Å². The molecule has 0 bridgehead atoms. The lowest BCUT2D eigenvalue weighted by atomic mass is 9.83. The van der Waals surface area contributed by atoms with Crippen LogP contribution < -0.4 is 5.32 Å². The van der Waals surface area contributed by atoms with Gasteiger partial charge in [0.25, 0.3) is 5.91 Å². The Morgan fingerprint density at radius 1 is 0.828 bits per heavy atom. The fraction of sp³-hybridized carbons (Fsp3) is 0.0455. The highest BCUT2D eigenvalue weighted by molar-refractivity contribution is 6.30. The monoisotopic (exact) mass is 386 g/mol. The molecule has 4 rings (SSSR count). The summed E-state index contributed by atoms with van der Waals surface area (Å²) in [5, 5.41) is 2.56. The molecule has 0 spiro atoms. The highest BCUT2D eigenvalue weighted by atomic mass is 16.5. The Hall–Kier alpha value is -4.13. The van der Waals surface area contributed by atoms with E-state index in [0.29, 0.717) is 5.56 Å². The van der Waals surface area contributed by atoms with Gasteiger partial charge in [0.2, 0.25) is 0 Å². The maximum absolute atomic E-state index is 12.9. The highest BCUT2D eigenvalue weighted by Crippen LogP contribution is 2.31. The Morgan fingerprint density at radius 3 is 2.21 bits per heavy atom. The third-order valence-electron chi connectivity index (χ3n) is 4.48. The van der Waals surface area contributed by atoms with Crippen LogP contribution >= 0.6 is 0 Å². The summed E-state index contributed by atoms with van der Waals surface area (Å²) in [7, 11) is 0. The van der Waals surface area contributed by atoms with Gasteiger partial charge in [0.1, 0.15) is 0 Å². The van der Waals surface area contributed by atoms with E-state index in [1.54, 1.807) is 36.4 Å². The van der Waals surface area contributed by atoms with E-state index in [0.717, 1.165) is 0 Å². The van der Waals surface area contributed by atoms with Gasteiger partial charge in [-0.15, -0.1) is 0 Å². The van der Waals surface area contributed by atoms with Crippen LogP contribution in [-0.4, -0.2) is 35.0 Å². The SMILES string of the molecule is O=C(COC(=O)c1ccncc1)Nc1cccc2c1C(=O)c1ccccc1C2=O. The Kier molecular flexibility index (Phi) is 4.70. The molecule has 7 nitrogen and oxygen atoms in total. The number of benzene rings is 2. The number of hydrogen-bond donors (Lipinski definition) is 1. The van der Waals surface area contributed by atoms with Crippen molar-refractivity contribution in [3.8, 4) is 0 Å². The first-order valence-corrected chi connectivity index (χ1v) is 8.74. The lowest BCUT2D eigenvalue weighted by Gasteiger charge is -2.20. The average molecular weight is 386 g/mol. The first-order chi connectivity index (χ1) is 14.1. The van der Waals surface area contributed by atoms with Crippen molar-refractivity contribution in [2.75, 3.05) is 11.9 Å². The van der Waals surface area contributed by atoms with Gasteiger partial charge in [-0.1, -0.05) is 36.4 Å². The molecule has 0 fully saturated rings. The van der Waals surface area contributed by atoms with Crippen LogP contribution in [0.15, 0.2) is 67.0 Å². The predicted molar refractivity (Wildman–Crippen MR) is 103 cm³/mol. The van der Waals surface area contributed by atoms with E-state index in [9.17, 15) is 19.2 Å². The molecule has 0 aliphatic heterocycles. The van der Waals surface area contributed by atoms with Gasteiger partial charge in [-0.2, -0.15) is 0 Å². The average Bonchev–Trinajstić information content (AvgIpc) is 2.76. The number of aromatic nitrogens is 1. The Morgan fingerprint density at radius 2 is 1.48 bits per heavy atom. The highest BCUT2D eigenvalue weighted by Gasteiger charge is 2.31. The second-order valence-corrected chi connectivity index (χ2v) is 6.29. The molecule has 29 heavy (non-hydrogen) atoms. The summed E-state index contributed by atoms with van der Waals surface area (Å²) in [6.07, 6.45) is 2.88. The second kappa shape index (κ2) is 7.47. The zero-order valence-electron chi connectivity index (χ0n) is 15.0. The van der Waals surface area contributed by atoms with Crippen molar-refractivity contribution in [2.45, 2.75) is 0 Å². The molecule has 1 amide bonds. The van der Waals surface area contributed by atoms with E-state index in [2.05, 4.69) is 10.3 Å². The van der Waals surface area contributed by atoms with E-state index in [4.69, 9.17) is 4.74 Å². The molecule has 1 aliphatic carbocycles. The lowest BCUT2D eigenvalue weighted by Crippen LogP contribution is -2.26. The Labute approximate surface area is 165 Å². The molecule has 0 saturated heterocycles. The van der Waals surface area contributed by atoms with Crippen LogP contribution in [0.25, 0.3) is 0 Å². The van der Waals surface area contributed by atoms with Crippen molar-refractivity contribution in [1.29, 1.82) is 0 Å². The molecule has 0 unspecified atom stereocenters. The number of esters is 1. The Bertz CT molecular complexity index is 1150. The number of amides is 1. The number of rotatable bonds is 4. The third kappa shape index (κ3) is 3.41. The van der Waals surface area contributed by atoms with Crippen LogP contribution in [0.4, 0.5) is 5.69 Å². The lowest BCUT2D eigenvalue weighted by molar-refractivity contribution is -0.119. The molecular formula is C22H14N2O5. The number of pyridine rings is 1. The summed E-state index contributed by atoms with van der Waals surface area (Å²) >= 11 is 0. The van der Waals surface area contributed by atoms with Gasteiger partial charge in [0.05, 0.1) is 16.8 Å². The molecule has 0 radical (unpaired) electrons. The first kappa shape index (κ1) is 18.2. The smallest absolute Gasteiger partial charge is 0.338 e. The summed E-state index contributed by atoms with van der Waals surface area (Å²) in [6.45, 7) is -0.538. The van der Waals surface area contributed by atoms with Gasteiger partial charge >= 0.3 is 5.97 Å². The number of nitrogens with zero attached hydrogens (tertiary/aromatic N) is 1. The number of carbonyl (C=O) groups excluding carboxylic acids is 4. The van der Waals surface area contributed by atoms with Crippen molar-refractivity contribution in [3.63, 3.8) is 0 Å². The third-order valence-corrected chi connectivity index (χ3v) is 4.48. The molecule has 0 saturated carbocycles. The molecule has 1 aromatic heterocycles. The predicted octanol–water partition coefficient (Wildman–Crippen LogP) is 2.65. The normalized spacial score (nSPS) is 12.0. The van der Waals surface area contributed by atoms with Gasteiger partial charge in [-0.05, 0) is 18.2 Å². The number of nitrogens with one attached hydrogen (secondary N) is 1. The largest absolute Gasteiger partial charge is 0.452 e. The number of fused-ring (bicyclic) bond motifs is 2. The standard InChI is InChI=1S/C22H14N2O5/c25-18(12-29-22(28)13-8-10-23-11-9-13)24-17-7-3-6-16-19(17)21(27)15-5-2-1-4-14(15)20(16)26/h1-11H,12H2,(H,24,25). The van der Waals surface area contributed by atoms with Gasteiger partial charge < -0.3 is 10.1 Å².